The molecule has 1 aliphatic carbocycles. The van der Waals surface area contributed by atoms with E-state index >= 15 is 0 Å². The fourth-order valence-electron chi connectivity index (χ4n) is 2.89. The second kappa shape index (κ2) is 4.56. The van der Waals surface area contributed by atoms with E-state index in [0.717, 1.165) is 10.5 Å². The lowest BCUT2D eigenvalue weighted by Gasteiger charge is -2.33. The van der Waals surface area contributed by atoms with E-state index in [1.54, 1.807) is 0 Å². The van der Waals surface area contributed by atoms with Crippen LogP contribution in [-0.2, 0) is 25.2 Å². The van der Waals surface area contributed by atoms with Crippen LogP contribution in [0.1, 0.15) is 12.0 Å². The number of carbonyl (C=O) groups excluding carboxylic acids is 2. The summed E-state index contributed by atoms with van der Waals surface area (Å²) in [5.41, 5.74) is 0.834. The van der Waals surface area contributed by atoms with E-state index in [9.17, 15) is 18.0 Å². The summed E-state index contributed by atoms with van der Waals surface area (Å²) in [6.07, 6.45) is 0.145. The molecule has 1 saturated heterocycles. The number of halogens is 1. The molecule has 1 aliphatic heterocycles. The second-order valence-electron chi connectivity index (χ2n) is 5.13. The highest BCUT2D eigenvalue weighted by atomic mass is 35.7. The predicted octanol–water partition coefficient (Wildman–Crippen LogP) is 1.13. The molecule has 7 heteroatoms. The molecule has 0 radical (unpaired) electrons. The highest BCUT2D eigenvalue weighted by Gasteiger charge is 2.62. The summed E-state index contributed by atoms with van der Waals surface area (Å²) in [5.74, 6) is -2.04. The molecule has 0 spiro atoms. The average Bonchev–Trinajstić information content (AvgIpc) is 2.48. The van der Waals surface area contributed by atoms with Crippen LogP contribution in [0.2, 0.25) is 0 Å². The Hall–Kier alpha value is -1.40. The third-order valence-corrected chi connectivity index (χ3v) is 5.90. The molecule has 2 amide bonds. The number of fused-ring (bicyclic) bond motifs is 1. The van der Waals surface area contributed by atoms with Gasteiger partial charge in [0, 0.05) is 10.7 Å². The van der Waals surface area contributed by atoms with Gasteiger partial charge in [-0.15, -0.1) is 0 Å². The molecule has 5 nitrogen and oxygen atoms in total. The van der Waals surface area contributed by atoms with Gasteiger partial charge in [0.05, 0.1) is 23.6 Å². The van der Waals surface area contributed by atoms with Gasteiger partial charge in [0.25, 0.3) is 0 Å². The number of benzene rings is 1. The van der Waals surface area contributed by atoms with Crippen molar-refractivity contribution in [3.8, 4) is 0 Å². The lowest BCUT2D eigenvalue weighted by atomic mass is 9.75. The summed E-state index contributed by atoms with van der Waals surface area (Å²) in [4.78, 5) is 25.5. The number of imide groups is 1. The molecule has 1 aromatic carbocycles. The number of hydrogen-bond acceptors (Lipinski definition) is 4. The number of likely N-dealkylation sites (tertiary alicyclic amines) is 1. The molecule has 0 bridgehead atoms. The van der Waals surface area contributed by atoms with Crippen LogP contribution in [0.4, 0.5) is 0 Å². The lowest BCUT2D eigenvalue weighted by molar-refractivity contribution is -0.140. The van der Waals surface area contributed by atoms with Crippen molar-refractivity contribution in [1.82, 2.24) is 4.90 Å². The van der Waals surface area contributed by atoms with Crippen molar-refractivity contribution in [2.75, 3.05) is 0 Å². The van der Waals surface area contributed by atoms with E-state index in [2.05, 4.69) is 0 Å². The van der Waals surface area contributed by atoms with E-state index in [-0.39, 0.29) is 18.9 Å². The fourth-order valence-corrected chi connectivity index (χ4v) is 4.54. The Bertz CT molecular complexity index is 673. The second-order valence-corrected chi connectivity index (χ2v) is 7.98. The van der Waals surface area contributed by atoms with Gasteiger partial charge in [-0.2, -0.15) is 0 Å². The van der Waals surface area contributed by atoms with Gasteiger partial charge in [-0.05, 0) is 12.0 Å². The maximum absolute atomic E-state index is 12.2. The quantitative estimate of drug-likeness (QED) is 0.619. The van der Waals surface area contributed by atoms with Crippen LogP contribution in [0.15, 0.2) is 30.3 Å². The van der Waals surface area contributed by atoms with Gasteiger partial charge < -0.3 is 0 Å². The largest absolute Gasteiger partial charge is 0.278 e. The summed E-state index contributed by atoms with van der Waals surface area (Å²) in [6.45, 7) is 0.181. The van der Waals surface area contributed by atoms with Gasteiger partial charge in [-0.25, -0.2) is 8.42 Å². The first-order chi connectivity index (χ1) is 9.39. The minimum atomic E-state index is -3.80. The Morgan fingerprint density at radius 3 is 2.40 bits per heavy atom. The van der Waals surface area contributed by atoms with Crippen LogP contribution in [0.5, 0.6) is 0 Å². The van der Waals surface area contributed by atoms with Crippen molar-refractivity contribution in [3.05, 3.63) is 35.9 Å². The predicted molar refractivity (Wildman–Crippen MR) is 72.2 cm³/mol. The topological polar surface area (TPSA) is 71.5 Å². The maximum Gasteiger partial charge on any atom is 0.236 e. The van der Waals surface area contributed by atoms with E-state index in [1.165, 1.54) is 0 Å². The molecule has 1 heterocycles. The Balaban J connectivity index is 1.82. The molecular formula is C13H12ClNO4S. The zero-order chi connectivity index (χ0) is 14.5. The number of amides is 2. The molecule has 3 atom stereocenters. The summed E-state index contributed by atoms with van der Waals surface area (Å²) >= 11 is 0. The molecule has 1 aromatic rings. The van der Waals surface area contributed by atoms with Crippen LogP contribution in [-0.4, -0.2) is 30.4 Å². The Morgan fingerprint density at radius 1 is 1.15 bits per heavy atom. The first-order valence-electron chi connectivity index (χ1n) is 6.22. The van der Waals surface area contributed by atoms with Crippen molar-refractivity contribution >= 4 is 31.5 Å². The summed E-state index contributed by atoms with van der Waals surface area (Å²) in [5, 5.41) is -0.925. The number of carbonyl (C=O) groups is 2. The van der Waals surface area contributed by atoms with Crippen molar-refractivity contribution < 1.29 is 18.0 Å². The van der Waals surface area contributed by atoms with Gasteiger partial charge in [0.2, 0.25) is 20.9 Å². The molecule has 0 N–H and O–H groups in total. The summed E-state index contributed by atoms with van der Waals surface area (Å²) < 4.78 is 22.7. The summed E-state index contributed by atoms with van der Waals surface area (Å²) in [7, 11) is 1.51. The highest BCUT2D eigenvalue weighted by molar-refractivity contribution is 8.14. The lowest BCUT2D eigenvalue weighted by Crippen LogP contribution is -2.46. The normalized spacial score (nSPS) is 29.2. The molecule has 1 saturated carbocycles. The Morgan fingerprint density at radius 2 is 1.80 bits per heavy atom. The average molecular weight is 314 g/mol. The van der Waals surface area contributed by atoms with Crippen molar-refractivity contribution in [1.29, 1.82) is 0 Å². The van der Waals surface area contributed by atoms with Crippen LogP contribution in [0.25, 0.3) is 0 Å². The van der Waals surface area contributed by atoms with Crippen molar-refractivity contribution in [2.24, 2.45) is 11.8 Å². The molecule has 3 unspecified atom stereocenters. The molecule has 0 aromatic heterocycles. The van der Waals surface area contributed by atoms with Gasteiger partial charge >= 0.3 is 0 Å². The van der Waals surface area contributed by atoms with E-state index < -0.39 is 32.0 Å². The minimum absolute atomic E-state index is 0.145. The fraction of sp³-hybridized carbons (Fsp3) is 0.385. The zero-order valence-corrected chi connectivity index (χ0v) is 12.0. The van der Waals surface area contributed by atoms with E-state index in [4.69, 9.17) is 10.7 Å². The molecule has 2 aliphatic rings. The van der Waals surface area contributed by atoms with E-state index in [0.29, 0.717) is 0 Å². The molecule has 2 fully saturated rings. The summed E-state index contributed by atoms with van der Waals surface area (Å²) in [6, 6.07) is 9.12. The number of hydrogen-bond donors (Lipinski definition) is 0. The third-order valence-electron chi connectivity index (χ3n) is 4.00. The van der Waals surface area contributed by atoms with Gasteiger partial charge in [-0.3, -0.25) is 14.5 Å². The highest BCUT2D eigenvalue weighted by Crippen LogP contribution is 2.47. The first kappa shape index (κ1) is 13.6. The standard InChI is InChI=1S/C13H12ClNO4S/c14-20(18,19)10-6-9-11(10)13(17)15(12(9)16)7-8-4-2-1-3-5-8/h1-5,9-11H,6-7H2. The van der Waals surface area contributed by atoms with Crippen LogP contribution < -0.4 is 0 Å². The van der Waals surface area contributed by atoms with Crippen LogP contribution in [0.3, 0.4) is 0 Å². The smallest absolute Gasteiger partial charge is 0.236 e. The molecular weight excluding hydrogens is 302 g/mol. The van der Waals surface area contributed by atoms with Crippen LogP contribution >= 0.6 is 10.7 Å². The third kappa shape index (κ3) is 2.03. The van der Waals surface area contributed by atoms with Crippen molar-refractivity contribution in [2.45, 2.75) is 18.2 Å². The van der Waals surface area contributed by atoms with Crippen LogP contribution in [0, 0.1) is 11.8 Å². The molecule has 106 valence electrons. The first-order valence-corrected chi connectivity index (χ1v) is 8.59. The number of nitrogens with zero attached hydrogens (tertiary/aromatic N) is 1. The van der Waals surface area contributed by atoms with Gasteiger partial charge in [0.1, 0.15) is 0 Å². The monoisotopic (exact) mass is 313 g/mol. The SMILES string of the molecule is O=C1C2CC(S(=O)(=O)Cl)C2C(=O)N1Cc1ccccc1. The van der Waals surface area contributed by atoms with Crippen molar-refractivity contribution in [3.63, 3.8) is 0 Å². The minimum Gasteiger partial charge on any atom is -0.278 e. The molecule has 20 heavy (non-hydrogen) atoms. The zero-order valence-electron chi connectivity index (χ0n) is 10.4. The molecule has 3 rings (SSSR count). The van der Waals surface area contributed by atoms with E-state index in [1.807, 2.05) is 30.3 Å². The van der Waals surface area contributed by atoms with Gasteiger partial charge in [-0.1, -0.05) is 30.3 Å². The number of rotatable bonds is 3. The maximum atomic E-state index is 12.2. The Kier molecular flexibility index (Phi) is 3.10. The Labute approximate surface area is 120 Å². The van der Waals surface area contributed by atoms with Gasteiger partial charge in [0.15, 0.2) is 0 Å².